The summed E-state index contributed by atoms with van der Waals surface area (Å²) in [6, 6.07) is 23.2. The molecule has 0 saturated carbocycles. The van der Waals surface area contributed by atoms with Crippen LogP contribution in [0.1, 0.15) is 22.3 Å². The highest BCUT2D eigenvalue weighted by atomic mass is 16.3. The molecule has 0 aliphatic rings. The Morgan fingerprint density at radius 3 is 2.61 bits per heavy atom. The number of fused-ring (bicyclic) bond motifs is 2. The maximum atomic E-state index is 10.9. The van der Waals surface area contributed by atoms with Crippen LogP contribution in [0.2, 0.25) is 0 Å². The summed E-state index contributed by atoms with van der Waals surface area (Å²) in [5.74, 6) is 6.60. The van der Waals surface area contributed by atoms with Crippen LogP contribution in [0, 0.1) is 11.8 Å². The van der Waals surface area contributed by atoms with Crippen molar-refractivity contribution in [2.24, 2.45) is 0 Å². The monoisotopic (exact) mass is 404 g/mol. The van der Waals surface area contributed by atoms with Gasteiger partial charge in [0.05, 0.1) is 17.4 Å². The number of aromatic amines is 1. The largest absolute Gasteiger partial charge is 0.507 e. The Bertz CT molecular complexity index is 1460. The Hall–Kier alpha value is -4.23. The summed E-state index contributed by atoms with van der Waals surface area (Å²) in [6.45, 7) is 0. The lowest BCUT2D eigenvalue weighted by Crippen LogP contribution is -1.91. The Labute approximate surface area is 179 Å². The fraction of sp³-hybridized carbons (Fsp3) is 0.0741. The van der Waals surface area contributed by atoms with E-state index in [-0.39, 0.29) is 11.5 Å². The summed E-state index contributed by atoms with van der Waals surface area (Å²) >= 11 is 0. The van der Waals surface area contributed by atoms with Gasteiger partial charge in [-0.05, 0) is 46.8 Å². The van der Waals surface area contributed by atoms with Crippen LogP contribution in [0.4, 0.5) is 0 Å². The maximum Gasteiger partial charge on any atom is 0.130 e. The number of rotatable bonds is 3. The molecule has 1 aromatic heterocycles. The van der Waals surface area contributed by atoms with E-state index in [1.165, 1.54) is 0 Å². The van der Waals surface area contributed by atoms with Gasteiger partial charge in [0.25, 0.3) is 0 Å². The number of hydrogen-bond acceptors (Lipinski definition) is 3. The highest BCUT2D eigenvalue weighted by Gasteiger charge is 2.13. The van der Waals surface area contributed by atoms with Crippen LogP contribution in [0.15, 0.2) is 79.1 Å². The molecular weight excluding hydrogens is 384 g/mol. The number of aromatic nitrogens is 2. The number of benzene rings is 4. The first-order chi connectivity index (χ1) is 15.2. The average Bonchev–Trinajstić information content (AvgIpc) is 3.26. The van der Waals surface area contributed by atoms with Crippen molar-refractivity contribution >= 4 is 21.8 Å². The quantitative estimate of drug-likeness (QED) is 0.357. The zero-order chi connectivity index (χ0) is 21.2. The summed E-state index contributed by atoms with van der Waals surface area (Å²) in [5, 5.41) is 22.8. The van der Waals surface area contributed by atoms with Crippen LogP contribution in [-0.4, -0.2) is 20.2 Å². The molecule has 0 radical (unpaired) electrons. The third-order valence-corrected chi connectivity index (χ3v) is 5.43. The first-order valence-corrected chi connectivity index (χ1v) is 10.1. The number of imidazole rings is 1. The Balaban J connectivity index is 1.44. The van der Waals surface area contributed by atoms with Gasteiger partial charge in [-0.25, -0.2) is 4.98 Å². The van der Waals surface area contributed by atoms with E-state index in [4.69, 9.17) is 0 Å². The standard InChI is InChI=1S/C27H20N2O2/c30-26-16-21-11-9-19(7-4-8-20-10-12-24-25(15-20)29-17-28-24)13-22(21)27(31)23(26)14-18-5-2-1-3-6-18/h1-3,5-6,9-13,15-17,30-31H,8,14H2,(H,28,29). The summed E-state index contributed by atoms with van der Waals surface area (Å²) in [7, 11) is 0. The van der Waals surface area contributed by atoms with Gasteiger partial charge in [0.2, 0.25) is 0 Å². The molecule has 0 aliphatic carbocycles. The third-order valence-electron chi connectivity index (χ3n) is 5.43. The van der Waals surface area contributed by atoms with Crippen LogP contribution in [0.3, 0.4) is 0 Å². The molecule has 0 aliphatic heterocycles. The lowest BCUT2D eigenvalue weighted by molar-refractivity contribution is 0.445. The molecule has 3 N–H and O–H groups in total. The van der Waals surface area contributed by atoms with Crippen LogP contribution < -0.4 is 0 Å². The van der Waals surface area contributed by atoms with Gasteiger partial charge in [-0.3, -0.25) is 0 Å². The van der Waals surface area contributed by atoms with E-state index in [2.05, 4.69) is 27.9 Å². The van der Waals surface area contributed by atoms with E-state index in [0.29, 0.717) is 23.8 Å². The van der Waals surface area contributed by atoms with E-state index in [1.807, 2.05) is 60.7 Å². The zero-order valence-electron chi connectivity index (χ0n) is 16.8. The van der Waals surface area contributed by atoms with Crippen molar-refractivity contribution in [2.75, 3.05) is 0 Å². The van der Waals surface area contributed by atoms with E-state index in [9.17, 15) is 10.2 Å². The van der Waals surface area contributed by atoms with Crippen molar-refractivity contribution in [1.29, 1.82) is 0 Å². The molecule has 0 amide bonds. The van der Waals surface area contributed by atoms with Gasteiger partial charge in [-0.2, -0.15) is 0 Å². The molecule has 4 nitrogen and oxygen atoms in total. The second-order valence-corrected chi connectivity index (χ2v) is 7.55. The molecule has 4 aromatic carbocycles. The van der Waals surface area contributed by atoms with E-state index in [0.717, 1.165) is 33.1 Å². The predicted molar refractivity (Wildman–Crippen MR) is 123 cm³/mol. The molecule has 0 saturated heterocycles. The molecule has 1 heterocycles. The molecule has 4 heteroatoms. The third kappa shape index (κ3) is 3.82. The fourth-order valence-electron chi connectivity index (χ4n) is 3.80. The second kappa shape index (κ2) is 7.89. The molecule has 0 unspecified atom stereocenters. The predicted octanol–water partition coefficient (Wildman–Crippen LogP) is 5.31. The molecule has 0 fully saturated rings. The van der Waals surface area contributed by atoms with Crippen LogP contribution in [-0.2, 0) is 12.8 Å². The molecule has 31 heavy (non-hydrogen) atoms. The number of nitrogens with zero attached hydrogens (tertiary/aromatic N) is 1. The normalized spacial score (nSPS) is 10.8. The lowest BCUT2D eigenvalue weighted by Gasteiger charge is -2.11. The first kappa shape index (κ1) is 18.8. The molecule has 150 valence electrons. The van der Waals surface area contributed by atoms with Gasteiger partial charge in [-0.15, -0.1) is 0 Å². The highest BCUT2D eigenvalue weighted by Crippen LogP contribution is 2.37. The average molecular weight is 404 g/mol. The van der Waals surface area contributed by atoms with Crippen molar-refractivity contribution in [1.82, 2.24) is 9.97 Å². The van der Waals surface area contributed by atoms with Gasteiger partial charge in [0.1, 0.15) is 11.5 Å². The molecule has 0 atom stereocenters. The molecule has 0 spiro atoms. The molecule has 5 aromatic rings. The second-order valence-electron chi connectivity index (χ2n) is 7.55. The Morgan fingerprint density at radius 2 is 1.74 bits per heavy atom. The lowest BCUT2D eigenvalue weighted by atomic mass is 9.97. The SMILES string of the molecule is Oc1cc2ccc(C#CCc3ccc4nc[nH]c4c3)cc2c(O)c1Cc1ccccc1. The van der Waals surface area contributed by atoms with Crippen molar-refractivity contribution < 1.29 is 10.2 Å². The van der Waals surface area contributed by atoms with Crippen LogP contribution in [0.25, 0.3) is 21.8 Å². The smallest absolute Gasteiger partial charge is 0.130 e. The number of phenols is 2. The van der Waals surface area contributed by atoms with E-state index >= 15 is 0 Å². The number of nitrogens with one attached hydrogen (secondary N) is 1. The topological polar surface area (TPSA) is 69.1 Å². The van der Waals surface area contributed by atoms with Gasteiger partial charge >= 0.3 is 0 Å². The first-order valence-electron chi connectivity index (χ1n) is 10.1. The van der Waals surface area contributed by atoms with Crippen LogP contribution in [0.5, 0.6) is 11.5 Å². The number of hydrogen-bond donors (Lipinski definition) is 3. The van der Waals surface area contributed by atoms with Gasteiger partial charge in [0.15, 0.2) is 0 Å². The minimum absolute atomic E-state index is 0.0990. The minimum atomic E-state index is 0.0990. The minimum Gasteiger partial charge on any atom is -0.507 e. The number of aromatic hydroxyl groups is 2. The van der Waals surface area contributed by atoms with Crippen LogP contribution >= 0.6 is 0 Å². The summed E-state index contributed by atoms with van der Waals surface area (Å²) in [5.41, 5.74) is 5.43. The molecular formula is C27H20N2O2. The van der Waals surface area contributed by atoms with Gasteiger partial charge in [-0.1, -0.05) is 54.3 Å². The molecule has 0 bridgehead atoms. The highest BCUT2D eigenvalue weighted by molar-refractivity contribution is 5.92. The summed E-state index contributed by atoms with van der Waals surface area (Å²) in [4.78, 5) is 7.35. The molecule has 5 rings (SSSR count). The fourth-order valence-corrected chi connectivity index (χ4v) is 3.80. The Kier molecular flexibility index (Phi) is 4.78. The summed E-state index contributed by atoms with van der Waals surface area (Å²) in [6.07, 6.45) is 2.76. The summed E-state index contributed by atoms with van der Waals surface area (Å²) < 4.78 is 0. The number of phenolic OH excluding ortho intramolecular Hbond substituents is 2. The van der Waals surface area contributed by atoms with Crippen molar-refractivity contribution in [2.45, 2.75) is 12.8 Å². The van der Waals surface area contributed by atoms with E-state index in [1.54, 1.807) is 12.4 Å². The Morgan fingerprint density at radius 1 is 0.871 bits per heavy atom. The van der Waals surface area contributed by atoms with Crippen molar-refractivity contribution in [3.05, 3.63) is 101 Å². The van der Waals surface area contributed by atoms with Crippen molar-refractivity contribution in [3.8, 4) is 23.3 Å². The van der Waals surface area contributed by atoms with Gasteiger partial charge in [0, 0.05) is 29.4 Å². The maximum absolute atomic E-state index is 10.9. The van der Waals surface area contributed by atoms with E-state index < -0.39 is 0 Å². The zero-order valence-corrected chi connectivity index (χ0v) is 16.8. The number of H-pyrrole nitrogens is 1. The van der Waals surface area contributed by atoms with Crippen molar-refractivity contribution in [3.63, 3.8) is 0 Å². The van der Waals surface area contributed by atoms with Gasteiger partial charge < -0.3 is 15.2 Å².